The summed E-state index contributed by atoms with van der Waals surface area (Å²) in [5.74, 6) is 1.09. The highest BCUT2D eigenvalue weighted by molar-refractivity contribution is 5.42. The summed E-state index contributed by atoms with van der Waals surface area (Å²) < 4.78 is 0. The summed E-state index contributed by atoms with van der Waals surface area (Å²) >= 11 is 0. The third-order valence-electron chi connectivity index (χ3n) is 4.02. The van der Waals surface area contributed by atoms with E-state index in [0.717, 1.165) is 31.9 Å². The fourth-order valence-electron chi connectivity index (χ4n) is 2.59. The third kappa shape index (κ3) is 4.57. The molecule has 0 spiro atoms. The lowest BCUT2D eigenvalue weighted by Crippen LogP contribution is -2.31. The van der Waals surface area contributed by atoms with Gasteiger partial charge < -0.3 is 10.2 Å². The van der Waals surface area contributed by atoms with E-state index in [4.69, 9.17) is 0 Å². The Morgan fingerprint density at radius 2 is 2.05 bits per heavy atom. The number of anilines is 1. The van der Waals surface area contributed by atoms with Crippen LogP contribution in [0.4, 0.5) is 5.82 Å². The van der Waals surface area contributed by atoms with E-state index in [2.05, 4.69) is 68.0 Å². The van der Waals surface area contributed by atoms with E-state index in [-0.39, 0.29) is 0 Å². The van der Waals surface area contributed by atoms with Crippen molar-refractivity contribution in [2.45, 2.75) is 53.6 Å². The number of pyridine rings is 1. The normalized spacial score (nSPS) is 16.3. The summed E-state index contributed by atoms with van der Waals surface area (Å²) in [5, 5.41) is 3.42. The van der Waals surface area contributed by atoms with Gasteiger partial charge in [-0.3, -0.25) is 0 Å². The highest BCUT2D eigenvalue weighted by Gasteiger charge is 2.21. The molecule has 2 heterocycles. The van der Waals surface area contributed by atoms with Crippen LogP contribution in [-0.4, -0.2) is 24.1 Å². The third-order valence-corrected chi connectivity index (χ3v) is 4.02. The Labute approximate surface area is 129 Å². The average Bonchev–Trinajstić information content (AvgIpc) is 2.45. The van der Waals surface area contributed by atoms with Crippen LogP contribution in [0.1, 0.15) is 46.6 Å². The van der Waals surface area contributed by atoms with E-state index >= 15 is 0 Å². The molecule has 1 aromatic heterocycles. The molecule has 0 unspecified atom stereocenters. The molecule has 1 aliphatic rings. The maximum Gasteiger partial charge on any atom is 0.128 e. The van der Waals surface area contributed by atoms with Crippen LogP contribution in [0.5, 0.6) is 0 Å². The molecular weight excluding hydrogens is 258 g/mol. The van der Waals surface area contributed by atoms with Crippen molar-refractivity contribution in [3.05, 3.63) is 35.5 Å². The number of nitrogens with zero attached hydrogens (tertiary/aromatic N) is 2. The van der Waals surface area contributed by atoms with E-state index in [9.17, 15) is 0 Å². The Balaban J connectivity index is 1.96. The molecule has 0 saturated heterocycles. The van der Waals surface area contributed by atoms with Gasteiger partial charge in [-0.15, -0.1) is 0 Å². The molecule has 0 saturated carbocycles. The van der Waals surface area contributed by atoms with E-state index in [1.54, 1.807) is 5.57 Å². The molecule has 0 amide bonds. The van der Waals surface area contributed by atoms with Crippen molar-refractivity contribution in [2.24, 2.45) is 5.41 Å². The maximum atomic E-state index is 4.62. The van der Waals surface area contributed by atoms with Crippen molar-refractivity contribution in [3.8, 4) is 0 Å². The maximum absolute atomic E-state index is 4.62. The fraction of sp³-hybridized carbons (Fsp3) is 0.611. The van der Waals surface area contributed by atoms with Gasteiger partial charge in [0.05, 0.1) is 0 Å². The van der Waals surface area contributed by atoms with E-state index < -0.39 is 0 Å². The van der Waals surface area contributed by atoms with Gasteiger partial charge in [0.15, 0.2) is 0 Å². The molecule has 3 nitrogen and oxygen atoms in total. The predicted octanol–water partition coefficient (Wildman–Crippen LogP) is 3.76. The van der Waals surface area contributed by atoms with Crippen LogP contribution in [0.25, 0.3) is 0 Å². The Morgan fingerprint density at radius 1 is 1.29 bits per heavy atom. The number of hydrogen-bond acceptors (Lipinski definition) is 3. The molecule has 3 heteroatoms. The highest BCUT2D eigenvalue weighted by Crippen LogP contribution is 2.31. The van der Waals surface area contributed by atoms with Crippen molar-refractivity contribution in [1.29, 1.82) is 0 Å². The van der Waals surface area contributed by atoms with Crippen LogP contribution in [-0.2, 0) is 6.54 Å². The molecule has 21 heavy (non-hydrogen) atoms. The van der Waals surface area contributed by atoms with Crippen molar-refractivity contribution in [2.75, 3.05) is 18.0 Å². The highest BCUT2D eigenvalue weighted by atomic mass is 15.2. The minimum atomic E-state index is 0.298. The van der Waals surface area contributed by atoms with Gasteiger partial charge in [-0.1, -0.05) is 52.3 Å². The summed E-state index contributed by atoms with van der Waals surface area (Å²) in [5.41, 5.74) is 3.11. The molecule has 116 valence electrons. The Hall–Kier alpha value is -1.35. The number of nitrogens with one attached hydrogen (secondary N) is 1. The summed E-state index contributed by atoms with van der Waals surface area (Å²) in [6.07, 6.45) is 5.51. The summed E-state index contributed by atoms with van der Waals surface area (Å²) in [7, 11) is 0. The largest absolute Gasteiger partial charge is 0.353 e. The monoisotopic (exact) mass is 287 g/mol. The predicted molar refractivity (Wildman–Crippen MR) is 90.6 cm³/mol. The SMILES string of the molecule is CC(C)NCc1ccc(N2CC=C(C(C)(C)C)CC2)nc1. The number of aromatic nitrogens is 1. The Bertz CT molecular complexity index is 480. The minimum absolute atomic E-state index is 0.298. The zero-order valence-electron chi connectivity index (χ0n) is 14.1. The lowest BCUT2D eigenvalue weighted by atomic mass is 9.83. The second-order valence-electron chi connectivity index (χ2n) is 7.24. The van der Waals surface area contributed by atoms with Crippen LogP contribution in [0.2, 0.25) is 0 Å². The van der Waals surface area contributed by atoms with Gasteiger partial charge in [0.25, 0.3) is 0 Å². The fourth-order valence-corrected chi connectivity index (χ4v) is 2.59. The lowest BCUT2D eigenvalue weighted by molar-refractivity contribution is 0.472. The van der Waals surface area contributed by atoms with E-state index in [1.165, 1.54) is 5.56 Å². The van der Waals surface area contributed by atoms with Gasteiger partial charge in [0.1, 0.15) is 5.82 Å². The zero-order valence-corrected chi connectivity index (χ0v) is 14.1. The first kappa shape index (κ1) is 16.0. The molecule has 0 radical (unpaired) electrons. The standard InChI is InChI=1S/C18H29N3/c1-14(2)19-12-15-6-7-17(20-13-15)21-10-8-16(9-11-21)18(3,4)5/h6-8,13-14,19H,9-12H2,1-5H3. The first-order valence-corrected chi connectivity index (χ1v) is 7.99. The summed E-state index contributed by atoms with van der Waals surface area (Å²) in [6.45, 7) is 14.1. The van der Waals surface area contributed by atoms with Gasteiger partial charge in [0, 0.05) is 31.9 Å². The Kier molecular flexibility index (Phi) is 5.04. The van der Waals surface area contributed by atoms with Crippen LogP contribution >= 0.6 is 0 Å². The minimum Gasteiger partial charge on any atom is -0.353 e. The molecule has 0 aliphatic carbocycles. The lowest BCUT2D eigenvalue weighted by Gasteiger charge is -2.32. The smallest absolute Gasteiger partial charge is 0.128 e. The molecule has 1 aliphatic heterocycles. The van der Waals surface area contributed by atoms with Crippen molar-refractivity contribution >= 4 is 5.82 Å². The van der Waals surface area contributed by atoms with Gasteiger partial charge >= 0.3 is 0 Å². The zero-order chi connectivity index (χ0) is 15.5. The average molecular weight is 287 g/mol. The quantitative estimate of drug-likeness (QED) is 0.855. The number of rotatable bonds is 4. The van der Waals surface area contributed by atoms with Gasteiger partial charge in [-0.25, -0.2) is 4.98 Å². The van der Waals surface area contributed by atoms with Gasteiger partial charge in [0.2, 0.25) is 0 Å². The first-order chi connectivity index (χ1) is 9.86. The topological polar surface area (TPSA) is 28.2 Å². The molecular formula is C18H29N3. The van der Waals surface area contributed by atoms with Gasteiger partial charge in [-0.2, -0.15) is 0 Å². The summed E-state index contributed by atoms with van der Waals surface area (Å²) in [6, 6.07) is 4.83. The molecule has 1 aromatic rings. The van der Waals surface area contributed by atoms with Crippen molar-refractivity contribution in [1.82, 2.24) is 10.3 Å². The second-order valence-corrected chi connectivity index (χ2v) is 7.24. The van der Waals surface area contributed by atoms with E-state index in [0.29, 0.717) is 11.5 Å². The van der Waals surface area contributed by atoms with Crippen LogP contribution in [0.15, 0.2) is 30.0 Å². The van der Waals surface area contributed by atoms with Crippen LogP contribution in [0.3, 0.4) is 0 Å². The molecule has 2 rings (SSSR count). The number of hydrogen-bond donors (Lipinski definition) is 1. The summed E-state index contributed by atoms with van der Waals surface area (Å²) in [4.78, 5) is 6.98. The second kappa shape index (κ2) is 6.61. The van der Waals surface area contributed by atoms with Crippen LogP contribution < -0.4 is 10.2 Å². The first-order valence-electron chi connectivity index (χ1n) is 7.99. The molecule has 0 bridgehead atoms. The molecule has 1 N–H and O–H groups in total. The molecule has 0 aromatic carbocycles. The van der Waals surface area contributed by atoms with Crippen molar-refractivity contribution in [3.63, 3.8) is 0 Å². The van der Waals surface area contributed by atoms with Crippen molar-refractivity contribution < 1.29 is 0 Å². The molecule has 0 fully saturated rings. The van der Waals surface area contributed by atoms with Crippen LogP contribution in [0, 0.1) is 5.41 Å². The van der Waals surface area contributed by atoms with E-state index in [1.807, 2.05) is 6.20 Å². The van der Waals surface area contributed by atoms with Gasteiger partial charge in [-0.05, 0) is 23.5 Å². The Morgan fingerprint density at radius 3 is 2.52 bits per heavy atom. The molecule has 0 atom stereocenters.